The van der Waals surface area contributed by atoms with Crippen molar-refractivity contribution in [3.8, 4) is 11.4 Å². The number of ether oxygens (including phenoxy) is 2. The monoisotopic (exact) mass is 498 g/mol. The molecule has 0 amide bonds. The van der Waals surface area contributed by atoms with E-state index >= 15 is 0 Å². The molecule has 0 saturated carbocycles. The molecule has 3 aromatic rings. The van der Waals surface area contributed by atoms with Crippen LogP contribution in [0.2, 0.25) is 5.15 Å². The summed E-state index contributed by atoms with van der Waals surface area (Å²) in [5.41, 5.74) is 17.9. The molecule has 35 heavy (non-hydrogen) atoms. The Kier molecular flexibility index (Phi) is 6.52. The molecule has 1 aromatic heterocycles. The maximum atomic E-state index is 13.7. The second kappa shape index (κ2) is 9.60. The zero-order valence-corrected chi connectivity index (χ0v) is 20.3. The molecule has 0 bridgehead atoms. The zero-order chi connectivity index (χ0) is 24.7. The highest BCUT2D eigenvalue weighted by molar-refractivity contribution is 6.29. The lowest BCUT2D eigenvalue weighted by Gasteiger charge is -2.51. The van der Waals surface area contributed by atoms with Crippen molar-refractivity contribution in [2.24, 2.45) is 11.5 Å². The van der Waals surface area contributed by atoms with Gasteiger partial charge in [0.25, 0.3) is 0 Å². The summed E-state index contributed by atoms with van der Waals surface area (Å²) < 4.78 is 27.4. The number of halogens is 2. The van der Waals surface area contributed by atoms with Crippen LogP contribution in [-0.2, 0) is 4.74 Å². The minimum absolute atomic E-state index is 0.301. The van der Waals surface area contributed by atoms with Gasteiger partial charge >= 0.3 is 0 Å². The number of aromatic nitrogens is 2. The smallest absolute Gasteiger partial charge is 0.147 e. The Bertz CT molecular complexity index is 1250. The molecule has 2 aliphatic heterocycles. The summed E-state index contributed by atoms with van der Waals surface area (Å²) in [6.45, 7) is 3.21. The minimum atomic E-state index is -0.545. The lowest BCUT2D eigenvalue weighted by atomic mass is 9.92. The number of rotatable bonds is 5. The average molecular weight is 499 g/mol. The normalized spacial score (nSPS) is 22.9. The molecule has 8 nitrogen and oxygen atoms in total. The van der Waals surface area contributed by atoms with Crippen molar-refractivity contribution < 1.29 is 13.9 Å². The van der Waals surface area contributed by atoms with E-state index in [2.05, 4.69) is 4.98 Å². The molecular weight excluding hydrogens is 471 g/mol. The van der Waals surface area contributed by atoms with Gasteiger partial charge in [0.05, 0.1) is 31.3 Å². The van der Waals surface area contributed by atoms with Crippen LogP contribution >= 0.6 is 11.6 Å². The van der Waals surface area contributed by atoms with Crippen LogP contribution in [0.1, 0.15) is 25.0 Å². The Morgan fingerprint density at radius 3 is 2.63 bits per heavy atom. The van der Waals surface area contributed by atoms with Crippen molar-refractivity contribution in [2.75, 3.05) is 25.2 Å². The van der Waals surface area contributed by atoms with Gasteiger partial charge in [0.2, 0.25) is 0 Å². The van der Waals surface area contributed by atoms with Crippen LogP contribution in [-0.4, -0.2) is 47.2 Å². The van der Waals surface area contributed by atoms with Crippen LogP contribution in [0.3, 0.4) is 0 Å². The molecule has 0 radical (unpaired) electrons. The Balaban J connectivity index is 1.65. The summed E-state index contributed by atoms with van der Waals surface area (Å²) in [6.07, 6.45) is 2.69. The van der Waals surface area contributed by atoms with Gasteiger partial charge in [-0.1, -0.05) is 30.7 Å². The van der Waals surface area contributed by atoms with Crippen LogP contribution in [0.25, 0.3) is 5.69 Å². The lowest BCUT2D eigenvalue weighted by Crippen LogP contribution is -2.65. The van der Waals surface area contributed by atoms with Crippen molar-refractivity contribution in [1.82, 2.24) is 14.5 Å². The molecule has 4 N–H and O–H groups in total. The number of nitrogens with two attached hydrogens (primary N) is 2. The number of hydrogen-bond acceptors (Lipinski definition) is 7. The van der Waals surface area contributed by atoms with E-state index in [1.807, 2.05) is 34.9 Å². The fraction of sp³-hybridized carbons (Fsp3) is 0.320. The lowest BCUT2D eigenvalue weighted by molar-refractivity contribution is 0.0395. The summed E-state index contributed by atoms with van der Waals surface area (Å²) in [5.74, 6) is 0.323. The SMILES string of the molecule is CCN1C(N)C2=C(C(c3ccc(F)cc3)OCC2)N(c2ccc(-n3cnc(Cl)c3)c(OC)c2)C1N. The number of methoxy groups -OCH3 is 1. The predicted octanol–water partition coefficient (Wildman–Crippen LogP) is 3.76. The van der Waals surface area contributed by atoms with Gasteiger partial charge in [-0.25, -0.2) is 9.37 Å². The quantitative estimate of drug-likeness (QED) is 0.553. The van der Waals surface area contributed by atoms with Crippen molar-refractivity contribution in [1.29, 1.82) is 0 Å². The molecule has 0 aliphatic carbocycles. The molecule has 3 unspecified atom stereocenters. The van der Waals surface area contributed by atoms with E-state index in [0.717, 1.165) is 28.2 Å². The maximum absolute atomic E-state index is 13.7. The first-order valence-corrected chi connectivity index (χ1v) is 11.8. The second-order valence-electron chi connectivity index (χ2n) is 8.48. The molecule has 0 spiro atoms. The maximum Gasteiger partial charge on any atom is 0.147 e. The van der Waals surface area contributed by atoms with Gasteiger partial charge in [-0.15, -0.1) is 0 Å². The van der Waals surface area contributed by atoms with Crippen LogP contribution in [0.4, 0.5) is 10.1 Å². The number of hydrogen-bond donors (Lipinski definition) is 2. The number of imidazole rings is 1. The van der Waals surface area contributed by atoms with E-state index in [9.17, 15) is 4.39 Å². The van der Waals surface area contributed by atoms with Gasteiger partial charge in [0, 0.05) is 24.5 Å². The van der Waals surface area contributed by atoms with Gasteiger partial charge in [-0.3, -0.25) is 10.6 Å². The fourth-order valence-corrected chi connectivity index (χ4v) is 5.07. The van der Waals surface area contributed by atoms with Crippen LogP contribution in [0.5, 0.6) is 5.75 Å². The summed E-state index contributed by atoms with van der Waals surface area (Å²) in [7, 11) is 1.61. The average Bonchev–Trinajstić information content (AvgIpc) is 3.30. The molecule has 0 fully saturated rings. The number of benzene rings is 2. The van der Waals surface area contributed by atoms with Crippen LogP contribution in [0.15, 0.2) is 66.3 Å². The molecule has 2 aliphatic rings. The Labute approximate surface area is 208 Å². The van der Waals surface area contributed by atoms with Gasteiger partial charge in [0.1, 0.15) is 35.4 Å². The van der Waals surface area contributed by atoms with Crippen molar-refractivity contribution >= 4 is 17.3 Å². The minimum Gasteiger partial charge on any atom is -0.494 e. The molecule has 2 aromatic carbocycles. The summed E-state index contributed by atoms with van der Waals surface area (Å²) >= 11 is 6.03. The second-order valence-corrected chi connectivity index (χ2v) is 8.87. The molecule has 3 heterocycles. The molecule has 10 heteroatoms. The van der Waals surface area contributed by atoms with Gasteiger partial charge in [0.15, 0.2) is 0 Å². The summed E-state index contributed by atoms with van der Waals surface area (Å²) in [6, 6.07) is 12.2. The van der Waals surface area contributed by atoms with E-state index < -0.39 is 12.4 Å². The Hall–Kier alpha value is -2.95. The van der Waals surface area contributed by atoms with Crippen LogP contribution in [0, 0.1) is 5.82 Å². The van der Waals surface area contributed by atoms with Crippen molar-refractivity contribution in [3.05, 3.63) is 82.8 Å². The predicted molar refractivity (Wildman–Crippen MR) is 133 cm³/mol. The first-order chi connectivity index (χ1) is 16.9. The molecule has 3 atom stereocenters. The highest BCUT2D eigenvalue weighted by Crippen LogP contribution is 2.44. The van der Waals surface area contributed by atoms with Gasteiger partial charge in [-0.05, 0) is 41.8 Å². The van der Waals surface area contributed by atoms with E-state index in [1.54, 1.807) is 36.3 Å². The van der Waals surface area contributed by atoms with E-state index in [1.165, 1.54) is 12.1 Å². The summed E-state index contributed by atoms with van der Waals surface area (Å²) in [4.78, 5) is 8.18. The largest absolute Gasteiger partial charge is 0.494 e. The Morgan fingerprint density at radius 1 is 1.20 bits per heavy atom. The molecule has 0 saturated heterocycles. The number of likely N-dealkylation sites (N-methyl/N-ethyl adjacent to an activating group) is 1. The van der Waals surface area contributed by atoms with E-state index in [-0.39, 0.29) is 12.0 Å². The van der Waals surface area contributed by atoms with E-state index in [0.29, 0.717) is 30.5 Å². The van der Waals surface area contributed by atoms with E-state index in [4.69, 9.17) is 32.5 Å². The first kappa shape index (κ1) is 23.8. The Morgan fingerprint density at radius 2 is 1.97 bits per heavy atom. The summed E-state index contributed by atoms with van der Waals surface area (Å²) in [5, 5.41) is 0.387. The fourth-order valence-electron chi connectivity index (χ4n) is 4.93. The van der Waals surface area contributed by atoms with Gasteiger partial charge < -0.3 is 24.7 Å². The molecule has 184 valence electrons. The standard InChI is InChI=1S/C25H28ClFN6O2/c1-3-32-24(28)18-10-11-35-23(15-4-6-16(27)7-5-15)22(18)33(25(32)29)17-8-9-19(20(12-17)34-2)31-13-21(26)30-14-31/h4-9,12-14,23-25H,3,10-11,28-29H2,1-2H3. The highest BCUT2D eigenvalue weighted by atomic mass is 35.5. The third kappa shape index (κ3) is 4.19. The van der Waals surface area contributed by atoms with Crippen LogP contribution < -0.4 is 21.1 Å². The molecular formula is C25H28ClFN6O2. The highest BCUT2D eigenvalue weighted by Gasteiger charge is 2.42. The van der Waals surface area contributed by atoms with Crippen molar-refractivity contribution in [2.45, 2.75) is 31.9 Å². The zero-order valence-electron chi connectivity index (χ0n) is 19.6. The number of nitrogens with zero attached hydrogens (tertiary/aromatic N) is 4. The topological polar surface area (TPSA) is 94.8 Å². The number of anilines is 1. The molecule has 5 rings (SSSR count). The first-order valence-electron chi connectivity index (χ1n) is 11.5. The third-order valence-corrected chi connectivity index (χ3v) is 6.82. The van der Waals surface area contributed by atoms with Crippen molar-refractivity contribution in [3.63, 3.8) is 0 Å². The third-order valence-electron chi connectivity index (χ3n) is 6.62. The van der Waals surface area contributed by atoms with Gasteiger partial charge in [-0.2, -0.15) is 0 Å².